The van der Waals surface area contributed by atoms with Crippen molar-refractivity contribution < 1.29 is 4.79 Å². The van der Waals surface area contributed by atoms with E-state index < -0.39 is 0 Å². The molecule has 2 heterocycles. The van der Waals surface area contributed by atoms with Crippen LogP contribution in [-0.4, -0.2) is 59.6 Å². The molecule has 1 aromatic rings. The molecule has 120 valence electrons. The fourth-order valence-electron chi connectivity index (χ4n) is 3.07. The summed E-state index contributed by atoms with van der Waals surface area (Å²) in [6, 6.07) is 8.02. The standard InChI is InChI=1S/C16H22ClN3OS/c17-14-4-1-2-5-15(14)18-16(21)20-8-3-7-19(9-10-20)13-6-11-22-12-13/h1-2,4-5,13H,3,6-12H2,(H,18,21). The number of carbonyl (C=O) groups is 1. The number of nitrogens with zero attached hydrogens (tertiary/aromatic N) is 2. The minimum absolute atomic E-state index is 0.0456. The third-order valence-electron chi connectivity index (χ3n) is 4.36. The molecule has 22 heavy (non-hydrogen) atoms. The van der Waals surface area contributed by atoms with Gasteiger partial charge in [0.2, 0.25) is 0 Å². The summed E-state index contributed by atoms with van der Waals surface area (Å²) in [4.78, 5) is 16.9. The van der Waals surface area contributed by atoms with Gasteiger partial charge in [-0.3, -0.25) is 4.90 Å². The quantitative estimate of drug-likeness (QED) is 0.897. The van der Waals surface area contributed by atoms with Gasteiger partial charge >= 0.3 is 6.03 Å². The van der Waals surface area contributed by atoms with E-state index in [-0.39, 0.29) is 6.03 Å². The van der Waals surface area contributed by atoms with Gasteiger partial charge in [-0.15, -0.1) is 0 Å². The van der Waals surface area contributed by atoms with E-state index in [1.54, 1.807) is 6.07 Å². The monoisotopic (exact) mass is 339 g/mol. The highest BCUT2D eigenvalue weighted by atomic mass is 35.5. The van der Waals surface area contributed by atoms with Crippen molar-refractivity contribution >= 4 is 35.1 Å². The molecule has 0 aliphatic carbocycles. The molecule has 3 rings (SSSR count). The van der Waals surface area contributed by atoms with Crippen molar-refractivity contribution in [3.8, 4) is 0 Å². The first-order valence-corrected chi connectivity index (χ1v) is 9.39. The van der Waals surface area contributed by atoms with Crippen LogP contribution in [0.2, 0.25) is 5.02 Å². The lowest BCUT2D eigenvalue weighted by molar-refractivity contribution is 0.202. The molecule has 2 saturated heterocycles. The number of rotatable bonds is 2. The van der Waals surface area contributed by atoms with E-state index in [0.29, 0.717) is 16.8 Å². The second-order valence-electron chi connectivity index (χ2n) is 5.80. The van der Waals surface area contributed by atoms with Crippen LogP contribution in [0.4, 0.5) is 10.5 Å². The van der Waals surface area contributed by atoms with Gasteiger partial charge in [0.15, 0.2) is 0 Å². The van der Waals surface area contributed by atoms with E-state index in [2.05, 4.69) is 10.2 Å². The Morgan fingerprint density at radius 3 is 2.86 bits per heavy atom. The molecule has 0 saturated carbocycles. The number of anilines is 1. The molecule has 4 nitrogen and oxygen atoms in total. The lowest BCUT2D eigenvalue weighted by Crippen LogP contribution is -2.40. The van der Waals surface area contributed by atoms with Crippen molar-refractivity contribution in [2.45, 2.75) is 18.9 Å². The summed E-state index contributed by atoms with van der Waals surface area (Å²) in [7, 11) is 0. The van der Waals surface area contributed by atoms with E-state index in [0.717, 1.165) is 32.6 Å². The van der Waals surface area contributed by atoms with E-state index >= 15 is 0 Å². The van der Waals surface area contributed by atoms with Gasteiger partial charge in [-0.05, 0) is 30.7 Å². The zero-order valence-corrected chi connectivity index (χ0v) is 14.2. The van der Waals surface area contributed by atoms with Crippen LogP contribution in [0.15, 0.2) is 24.3 Å². The zero-order chi connectivity index (χ0) is 15.4. The first kappa shape index (κ1) is 16.0. The fraction of sp³-hybridized carbons (Fsp3) is 0.562. The Morgan fingerprint density at radius 2 is 2.09 bits per heavy atom. The van der Waals surface area contributed by atoms with Crippen LogP contribution in [0.25, 0.3) is 0 Å². The van der Waals surface area contributed by atoms with Gasteiger partial charge in [-0.1, -0.05) is 23.7 Å². The highest BCUT2D eigenvalue weighted by Gasteiger charge is 2.26. The number of nitrogens with one attached hydrogen (secondary N) is 1. The van der Waals surface area contributed by atoms with Crippen molar-refractivity contribution in [1.29, 1.82) is 0 Å². The molecule has 1 atom stereocenters. The second-order valence-corrected chi connectivity index (χ2v) is 7.36. The molecule has 2 aliphatic heterocycles. The molecular formula is C16H22ClN3OS. The molecule has 1 N–H and O–H groups in total. The van der Waals surface area contributed by atoms with Gasteiger partial charge in [-0.25, -0.2) is 4.79 Å². The van der Waals surface area contributed by atoms with Crippen molar-refractivity contribution in [3.05, 3.63) is 29.3 Å². The number of hydrogen-bond acceptors (Lipinski definition) is 3. The molecule has 0 radical (unpaired) electrons. The lowest BCUT2D eigenvalue weighted by Gasteiger charge is -2.26. The largest absolute Gasteiger partial charge is 0.323 e. The maximum atomic E-state index is 12.4. The Balaban J connectivity index is 1.56. The molecule has 2 aliphatic rings. The van der Waals surface area contributed by atoms with Crippen molar-refractivity contribution in [1.82, 2.24) is 9.80 Å². The van der Waals surface area contributed by atoms with Crippen LogP contribution in [0, 0.1) is 0 Å². The highest BCUT2D eigenvalue weighted by molar-refractivity contribution is 7.99. The number of amides is 2. The predicted octanol–water partition coefficient (Wildman–Crippen LogP) is 3.39. The molecule has 1 unspecified atom stereocenters. The van der Waals surface area contributed by atoms with Gasteiger partial charge in [-0.2, -0.15) is 11.8 Å². The maximum absolute atomic E-state index is 12.4. The molecule has 2 amide bonds. The molecule has 0 spiro atoms. The van der Waals surface area contributed by atoms with Crippen LogP contribution in [0.1, 0.15) is 12.8 Å². The first-order chi connectivity index (χ1) is 10.7. The number of benzene rings is 1. The molecule has 1 aromatic carbocycles. The summed E-state index contributed by atoms with van der Waals surface area (Å²) in [5, 5.41) is 3.50. The minimum atomic E-state index is -0.0456. The minimum Gasteiger partial charge on any atom is -0.323 e. The number of halogens is 1. The van der Waals surface area contributed by atoms with Crippen LogP contribution in [0.5, 0.6) is 0 Å². The predicted molar refractivity (Wildman–Crippen MR) is 94.0 cm³/mol. The number of urea groups is 1. The normalized spacial score (nSPS) is 23.3. The average molecular weight is 340 g/mol. The second kappa shape index (κ2) is 7.57. The number of para-hydroxylation sites is 1. The van der Waals surface area contributed by atoms with Crippen LogP contribution in [0.3, 0.4) is 0 Å². The van der Waals surface area contributed by atoms with Gasteiger partial charge < -0.3 is 10.2 Å². The Bertz CT molecular complexity index is 522. The summed E-state index contributed by atoms with van der Waals surface area (Å²) in [5.41, 5.74) is 0.683. The van der Waals surface area contributed by atoms with Gasteiger partial charge in [0.25, 0.3) is 0 Å². The summed E-state index contributed by atoms with van der Waals surface area (Å²) in [6.07, 6.45) is 2.33. The van der Waals surface area contributed by atoms with Gasteiger partial charge in [0, 0.05) is 38.0 Å². The van der Waals surface area contributed by atoms with Crippen molar-refractivity contribution in [2.75, 3.05) is 43.0 Å². The lowest BCUT2D eigenvalue weighted by atomic mass is 10.2. The number of carbonyl (C=O) groups excluding carboxylic acids is 1. The Labute approximate surface area is 141 Å². The van der Waals surface area contributed by atoms with Crippen LogP contribution >= 0.6 is 23.4 Å². The molecule has 0 aromatic heterocycles. The Hall–Kier alpha value is -0.910. The van der Waals surface area contributed by atoms with E-state index in [1.807, 2.05) is 34.9 Å². The summed E-state index contributed by atoms with van der Waals surface area (Å²) in [6.45, 7) is 3.67. The summed E-state index contributed by atoms with van der Waals surface area (Å²) >= 11 is 8.15. The van der Waals surface area contributed by atoms with E-state index in [1.165, 1.54) is 17.9 Å². The van der Waals surface area contributed by atoms with E-state index in [9.17, 15) is 4.79 Å². The van der Waals surface area contributed by atoms with Crippen LogP contribution in [-0.2, 0) is 0 Å². The van der Waals surface area contributed by atoms with Gasteiger partial charge in [0.05, 0.1) is 10.7 Å². The number of hydrogen-bond donors (Lipinski definition) is 1. The third kappa shape index (κ3) is 3.89. The van der Waals surface area contributed by atoms with Crippen molar-refractivity contribution in [2.24, 2.45) is 0 Å². The molecule has 6 heteroatoms. The third-order valence-corrected chi connectivity index (χ3v) is 5.83. The average Bonchev–Trinajstić information content (AvgIpc) is 2.94. The summed E-state index contributed by atoms with van der Waals surface area (Å²) < 4.78 is 0. The molecular weight excluding hydrogens is 318 g/mol. The number of thioether (sulfide) groups is 1. The molecule has 2 fully saturated rings. The maximum Gasteiger partial charge on any atom is 0.321 e. The van der Waals surface area contributed by atoms with Crippen LogP contribution < -0.4 is 5.32 Å². The topological polar surface area (TPSA) is 35.6 Å². The molecule has 0 bridgehead atoms. The smallest absolute Gasteiger partial charge is 0.321 e. The zero-order valence-electron chi connectivity index (χ0n) is 12.6. The highest BCUT2D eigenvalue weighted by Crippen LogP contribution is 2.24. The summed E-state index contributed by atoms with van der Waals surface area (Å²) in [5.74, 6) is 2.52. The Kier molecular flexibility index (Phi) is 5.50. The first-order valence-electron chi connectivity index (χ1n) is 7.86. The van der Waals surface area contributed by atoms with Crippen molar-refractivity contribution in [3.63, 3.8) is 0 Å². The SMILES string of the molecule is O=C(Nc1ccccc1Cl)N1CCCN(C2CCSC2)CC1. The fourth-order valence-corrected chi connectivity index (χ4v) is 4.51. The van der Waals surface area contributed by atoms with E-state index in [4.69, 9.17) is 11.6 Å². The van der Waals surface area contributed by atoms with Gasteiger partial charge in [0.1, 0.15) is 0 Å². The Morgan fingerprint density at radius 1 is 1.23 bits per heavy atom.